The summed E-state index contributed by atoms with van der Waals surface area (Å²) in [5.74, 6) is -0.160. The van der Waals surface area contributed by atoms with Crippen LogP contribution in [0.25, 0.3) is 22.0 Å². The van der Waals surface area contributed by atoms with E-state index in [0.29, 0.717) is 15.6 Å². The highest BCUT2D eigenvalue weighted by atomic mass is 35.5. The van der Waals surface area contributed by atoms with Gasteiger partial charge >= 0.3 is 6.15 Å². The lowest BCUT2D eigenvalue weighted by Crippen LogP contribution is -2.27. The van der Waals surface area contributed by atoms with Crippen molar-refractivity contribution in [1.29, 1.82) is 0 Å². The number of rotatable bonds is 6. The van der Waals surface area contributed by atoms with Gasteiger partial charge in [0.25, 0.3) is 5.91 Å². The maximum Gasteiger partial charge on any atom is 0.373 e. The molecule has 5 aromatic rings. The number of aryl methyl sites for hydroxylation is 1. The van der Waals surface area contributed by atoms with Crippen molar-refractivity contribution in [2.75, 3.05) is 0 Å². The first-order valence-corrected chi connectivity index (χ1v) is 13.5. The first-order valence-electron chi connectivity index (χ1n) is 12.7. The molecule has 0 unspecified atom stereocenters. The highest BCUT2D eigenvalue weighted by Gasteiger charge is 2.19. The number of fused-ring (bicyclic) bond motifs is 1. The summed E-state index contributed by atoms with van der Waals surface area (Å²) in [5, 5.41) is 5.20. The van der Waals surface area contributed by atoms with Gasteiger partial charge in [0.2, 0.25) is 0 Å². The molecule has 5 rings (SSSR count). The lowest BCUT2D eigenvalue weighted by molar-refractivity contribution is -0.191. The van der Waals surface area contributed by atoms with Gasteiger partial charge in [-0.25, -0.2) is 0 Å². The molecule has 0 bridgehead atoms. The Hall–Kier alpha value is -4.15. The van der Waals surface area contributed by atoms with Crippen LogP contribution in [0.3, 0.4) is 0 Å². The Balaban J connectivity index is 0.00000118. The third-order valence-corrected chi connectivity index (χ3v) is 7.74. The zero-order valence-electron chi connectivity index (χ0n) is 22.4. The van der Waals surface area contributed by atoms with E-state index in [4.69, 9.17) is 32.8 Å². The fourth-order valence-corrected chi connectivity index (χ4v) is 5.61. The molecule has 4 aromatic carbocycles. The third-order valence-electron chi connectivity index (χ3n) is 7.08. The van der Waals surface area contributed by atoms with E-state index >= 15 is 0 Å². The van der Waals surface area contributed by atoms with E-state index in [2.05, 4.69) is 72.3 Å². The average Bonchev–Trinajstić information content (AvgIpc) is 3.18. The molecule has 5 nitrogen and oxygen atoms in total. The van der Waals surface area contributed by atoms with Crippen molar-refractivity contribution in [1.82, 2.24) is 9.88 Å². The van der Waals surface area contributed by atoms with Crippen molar-refractivity contribution in [3.63, 3.8) is 0 Å². The van der Waals surface area contributed by atoms with Crippen molar-refractivity contribution < 1.29 is 14.4 Å². The summed E-state index contributed by atoms with van der Waals surface area (Å²) in [4.78, 5) is 29.4. The summed E-state index contributed by atoms with van der Waals surface area (Å²) in [6.07, 6.45) is 0.250. The SMILES string of the molecule is Cc1c(C)n(Cc2ccc(-c3ccccc3)cc2)c2ccc(C(=O)N[C@H](C)c3c(Cl)cccc3Cl)cc12.O=C=O. The van der Waals surface area contributed by atoms with Crippen molar-refractivity contribution in [3.8, 4) is 11.1 Å². The van der Waals surface area contributed by atoms with Crippen LogP contribution in [0.15, 0.2) is 91.0 Å². The van der Waals surface area contributed by atoms with E-state index in [1.165, 1.54) is 27.9 Å². The molecule has 0 aliphatic carbocycles. The molecular weight excluding hydrogens is 543 g/mol. The van der Waals surface area contributed by atoms with E-state index in [1.807, 2.05) is 31.2 Å². The van der Waals surface area contributed by atoms with Gasteiger partial charge in [-0.1, -0.05) is 83.9 Å². The lowest BCUT2D eigenvalue weighted by atomic mass is 10.0. The topological polar surface area (TPSA) is 68.2 Å². The van der Waals surface area contributed by atoms with Crippen LogP contribution < -0.4 is 5.32 Å². The van der Waals surface area contributed by atoms with Crippen LogP contribution in [-0.2, 0) is 16.1 Å². The van der Waals surface area contributed by atoms with E-state index < -0.39 is 0 Å². The van der Waals surface area contributed by atoms with Gasteiger partial charge in [0.05, 0.1) is 6.04 Å². The van der Waals surface area contributed by atoms with Crippen LogP contribution in [0.5, 0.6) is 0 Å². The third kappa shape index (κ3) is 6.19. The number of benzene rings is 4. The first-order chi connectivity index (χ1) is 19.2. The lowest BCUT2D eigenvalue weighted by Gasteiger charge is -2.17. The van der Waals surface area contributed by atoms with Gasteiger partial charge in [0.1, 0.15) is 0 Å². The van der Waals surface area contributed by atoms with Crippen LogP contribution in [-0.4, -0.2) is 16.6 Å². The number of nitrogens with zero attached hydrogens (tertiary/aromatic N) is 1. The number of halogens is 2. The van der Waals surface area contributed by atoms with Crippen LogP contribution >= 0.6 is 23.2 Å². The smallest absolute Gasteiger partial charge is 0.345 e. The van der Waals surface area contributed by atoms with Crippen LogP contribution in [0.2, 0.25) is 10.0 Å². The summed E-state index contributed by atoms with van der Waals surface area (Å²) in [6, 6.07) is 30.0. The van der Waals surface area contributed by atoms with Gasteiger partial charge < -0.3 is 9.88 Å². The van der Waals surface area contributed by atoms with Gasteiger partial charge in [0.15, 0.2) is 0 Å². The summed E-state index contributed by atoms with van der Waals surface area (Å²) >= 11 is 12.7. The second-order valence-electron chi connectivity index (χ2n) is 9.51. The largest absolute Gasteiger partial charge is 0.373 e. The molecular formula is C33H28Cl2N2O3. The van der Waals surface area contributed by atoms with Crippen LogP contribution in [0, 0.1) is 13.8 Å². The average molecular weight is 572 g/mol. The fraction of sp³-hybridized carbons (Fsp3) is 0.152. The monoisotopic (exact) mass is 570 g/mol. The quantitative estimate of drug-likeness (QED) is 0.224. The van der Waals surface area contributed by atoms with Gasteiger partial charge in [-0.05, 0) is 73.4 Å². The fourth-order valence-electron chi connectivity index (χ4n) is 4.89. The van der Waals surface area contributed by atoms with Gasteiger partial charge in [-0.15, -0.1) is 0 Å². The molecule has 0 spiro atoms. The molecule has 0 aliphatic rings. The Morgan fingerprint density at radius 1 is 0.850 bits per heavy atom. The molecule has 7 heteroatoms. The molecule has 1 amide bonds. The van der Waals surface area contributed by atoms with Crippen molar-refractivity contribution in [3.05, 3.63) is 129 Å². The Kier molecular flexibility index (Phi) is 9.23. The molecule has 40 heavy (non-hydrogen) atoms. The molecule has 0 radical (unpaired) electrons. The first kappa shape index (κ1) is 28.8. The maximum atomic E-state index is 13.1. The minimum Gasteiger partial charge on any atom is -0.345 e. The van der Waals surface area contributed by atoms with E-state index in [0.717, 1.165) is 23.0 Å². The van der Waals surface area contributed by atoms with Gasteiger partial charge in [-0.3, -0.25) is 4.79 Å². The molecule has 202 valence electrons. The molecule has 1 atom stereocenters. The summed E-state index contributed by atoms with van der Waals surface area (Å²) < 4.78 is 2.32. The molecule has 0 saturated carbocycles. The normalized spacial score (nSPS) is 11.3. The highest BCUT2D eigenvalue weighted by molar-refractivity contribution is 6.36. The molecule has 1 N–H and O–H groups in total. The van der Waals surface area contributed by atoms with Gasteiger partial charge in [-0.2, -0.15) is 9.59 Å². The number of aromatic nitrogens is 1. The van der Waals surface area contributed by atoms with Crippen LogP contribution in [0.4, 0.5) is 0 Å². The molecule has 0 saturated heterocycles. The van der Waals surface area contributed by atoms with E-state index in [-0.39, 0.29) is 18.1 Å². The Morgan fingerprint density at radius 3 is 2.08 bits per heavy atom. The van der Waals surface area contributed by atoms with Crippen molar-refractivity contribution in [2.45, 2.75) is 33.4 Å². The highest BCUT2D eigenvalue weighted by Crippen LogP contribution is 2.31. The number of hydrogen-bond donors (Lipinski definition) is 1. The zero-order valence-corrected chi connectivity index (χ0v) is 23.9. The predicted octanol–water partition coefficient (Wildman–Crippen LogP) is 8.19. The van der Waals surface area contributed by atoms with E-state index in [1.54, 1.807) is 18.2 Å². The van der Waals surface area contributed by atoms with Crippen LogP contribution in [0.1, 0.15) is 45.7 Å². The standard InChI is InChI=1S/C32H28Cl2N2O.CO2/c1-20-22(3)36(19-23-12-14-25(15-13-23)24-8-5-4-6-9-24)30-17-16-26(18-27(20)30)32(37)35-21(2)31-28(33)10-7-11-29(31)34;2-1-3/h4-18,21H,19H2,1-3H3,(H,35,37);/t21-;/m1./s1. The number of hydrogen-bond acceptors (Lipinski definition) is 3. The second kappa shape index (κ2) is 12.8. The number of nitrogens with one attached hydrogen (secondary N) is 1. The summed E-state index contributed by atoms with van der Waals surface area (Å²) in [6.45, 7) is 6.90. The predicted molar refractivity (Wildman–Crippen MR) is 160 cm³/mol. The molecule has 0 aliphatic heterocycles. The van der Waals surface area contributed by atoms with Crippen molar-refractivity contribution >= 4 is 46.2 Å². The number of amides is 1. The molecule has 0 fully saturated rings. The molecule has 1 heterocycles. The maximum absolute atomic E-state index is 13.1. The summed E-state index contributed by atoms with van der Waals surface area (Å²) in [7, 11) is 0. The number of carbonyl (C=O) groups is 1. The second-order valence-corrected chi connectivity index (χ2v) is 10.3. The van der Waals surface area contributed by atoms with Gasteiger partial charge in [0, 0.05) is 44.3 Å². The Bertz CT molecular complexity index is 1670. The Labute approximate surface area is 243 Å². The zero-order chi connectivity index (χ0) is 28.8. The minimum atomic E-state index is -0.323. The Morgan fingerprint density at radius 2 is 1.45 bits per heavy atom. The van der Waals surface area contributed by atoms with E-state index in [9.17, 15) is 4.79 Å². The number of carbonyl (C=O) groups excluding carboxylic acids is 3. The molecule has 1 aromatic heterocycles. The minimum absolute atomic E-state index is 0.160. The summed E-state index contributed by atoms with van der Waals surface area (Å²) in [5.41, 5.74) is 8.45. The van der Waals surface area contributed by atoms with Crippen molar-refractivity contribution in [2.24, 2.45) is 0 Å².